The summed E-state index contributed by atoms with van der Waals surface area (Å²) in [5.41, 5.74) is 0. The largest absolute Gasteiger partial charge is 0.343 e. The molecule has 3 atom stereocenters. The molecule has 0 aliphatic rings. The molecule has 0 aliphatic carbocycles. The maximum absolute atomic E-state index is 6.33. The molecule has 0 spiro atoms. The number of hydrogen-bond acceptors (Lipinski definition) is 2. The van der Waals surface area contributed by atoms with Gasteiger partial charge in [-0.05, 0) is 39.2 Å². The van der Waals surface area contributed by atoms with Gasteiger partial charge in [0.1, 0.15) is 0 Å². The maximum atomic E-state index is 6.33. The fourth-order valence-electron chi connectivity index (χ4n) is 2.79. The number of ether oxygens (including phenoxy) is 2. The van der Waals surface area contributed by atoms with Gasteiger partial charge in [0, 0.05) is 5.92 Å². The van der Waals surface area contributed by atoms with Crippen molar-refractivity contribution in [1.29, 1.82) is 0 Å². The van der Waals surface area contributed by atoms with Crippen molar-refractivity contribution in [2.24, 2.45) is 5.92 Å². The van der Waals surface area contributed by atoms with Crippen LogP contribution in [0, 0.1) is 5.92 Å². The standard InChI is InChI=1S/C21H42O2/c1-8-12-13-14-15-16-17-18(5)21(11-4,22-19(6)9-2)23-20(7)10-3/h11,18-20H,4,8-10,12-17H2,1-3,5-7H3. The van der Waals surface area contributed by atoms with Crippen molar-refractivity contribution in [3.05, 3.63) is 12.7 Å². The third kappa shape index (κ3) is 8.91. The summed E-state index contributed by atoms with van der Waals surface area (Å²) >= 11 is 0. The van der Waals surface area contributed by atoms with E-state index in [4.69, 9.17) is 9.47 Å². The highest BCUT2D eigenvalue weighted by atomic mass is 16.7. The van der Waals surface area contributed by atoms with Gasteiger partial charge < -0.3 is 9.47 Å². The van der Waals surface area contributed by atoms with Gasteiger partial charge in [-0.25, -0.2) is 0 Å². The zero-order chi connectivity index (χ0) is 17.7. The van der Waals surface area contributed by atoms with Gasteiger partial charge in [-0.15, -0.1) is 0 Å². The second kappa shape index (κ2) is 13.0. The first kappa shape index (κ1) is 22.7. The number of unbranched alkanes of at least 4 members (excludes halogenated alkanes) is 5. The second-order valence-corrected chi connectivity index (χ2v) is 7.06. The summed E-state index contributed by atoms with van der Waals surface area (Å²) in [6.45, 7) is 17.1. The van der Waals surface area contributed by atoms with Gasteiger partial charge in [0.05, 0.1) is 12.2 Å². The quantitative estimate of drug-likeness (QED) is 0.185. The van der Waals surface area contributed by atoms with E-state index in [0.29, 0.717) is 5.92 Å². The van der Waals surface area contributed by atoms with Crippen molar-refractivity contribution in [2.75, 3.05) is 0 Å². The lowest BCUT2D eigenvalue weighted by atomic mass is 9.92. The van der Waals surface area contributed by atoms with Crippen LogP contribution >= 0.6 is 0 Å². The highest BCUT2D eigenvalue weighted by Crippen LogP contribution is 2.33. The number of rotatable bonds is 15. The molecule has 0 aromatic carbocycles. The lowest BCUT2D eigenvalue weighted by Crippen LogP contribution is -2.45. The average Bonchev–Trinajstić information content (AvgIpc) is 2.56. The maximum Gasteiger partial charge on any atom is 0.190 e. The van der Waals surface area contributed by atoms with Gasteiger partial charge in [-0.1, -0.05) is 72.8 Å². The summed E-state index contributed by atoms with van der Waals surface area (Å²) in [6, 6.07) is 0. The first-order valence-electron chi connectivity index (χ1n) is 9.94. The second-order valence-electron chi connectivity index (χ2n) is 7.06. The molecule has 0 heterocycles. The van der Waals surface area contributed by atoms with Crippen LogP contribution < -0.4 is 0 Å². The summed E-state index contributed by atoms with van der Waals surface area (Å²) in [4.78, 5) is 0. The molecule has 2 heteroatoms. The molecule has 0 amide bonds. The molecule has 23 heavy (non-hydrogen) atoms. The smallest absolute Gasteiger partial charge is 0.190 e. The molecule has 138 valence electrons. The molecule has 0 bridgehead atoms. The zero-order valence-corrected chi connectivity index (χ0v) is 16.7. The molecule has 0 saturated carbocycles. The highest BCUT2D eigenvalue weighted by molar-refractivity contribution is 4.95. The predicted molar refractivity (Wildman–Crippen MR) is 102 cm³/mol. The molecular formula is C21H42O2. The third-order valence-electron chi connectivity index (χ3n) is 4.88. The van der Waals surface area contributed by atoms with Gasteiger partial charge >= 0.3 is 0 Å². The average molecular weight is 327 g/mol. The van der Waals surface area contributed by atoms with Crippen LogP contribution in [0.4, 0.5) is 0 Å². The molecule has 0 aromatic rings. The van der Waals surface area contributed by atoms with Crippen molar-refractivity contribution in [3.8, 4) is 0 Å². The first-order chi connectivity index (χ1) is 11.0. The Morgan fingerprint density at radius 1 is 0.826 bits per heavy atom. The molecule has 0 N–H and O–H groups in total. The lowest BCUT2D eigenvalue weighted by molar-refractivity contribution is -0.269. The molecule has 3 unspecified atom stereocenters. The zero-order valence-electron chi connectivity index (χ0n) is 16.7. The van der Waals surface area contributed by atoms with E-state index in [9.17, 15) is 0 Å². The Bertz CT molecular complexity index is 276. The van der Waals surface area contributed by atoms with Crippen LogP contribution in [0.15, 0.2) is 12.7 Å². The molecule has 0 rings (SSSR count). The molecule has 0 aliphatic heterocycles. The van der Waals surface area contributed by atoms with Gasteiger partial charge in [0.2, 0.25) is 0 Å². The van der Waals surface area contributed by atoms with Crippen LogP contribution in [0.1, 0.15) is 99.3 Å². The minimum Gasteiger partial charge on any atom is -0.343 e. The molecule has 0 radical (unpaired) electrons. The van der Waals surface area contributed by atoms with Gasteiger partial charge in [0.25, 0.3) is 0 Å². The van der Waals surface area contributed by atoms with E-state index in [1.807, 2.05) is 6.08 Å². The minimum absolute atomic E-state index is 0.184. The van der Waals surface area contributed by atoms with Gasteiger partial charge in [-0.3, -0.25) is 0 Å². The van der Waals surface area contributed by atoms with E-state index in [1.165, 1.54) is 38.5 Å². The monoisotopic (exact) mass is 326 g/mol. The topological polar surface area (TPSA) is 18.5 Å². The summed E-state index contributed by atoms with van der Waals surface area (Å²) in [7, 11) is 0. The highest BCUT2D eigenvalue weighted by Gasteiger charge is 2.37. The Balaban J connectivity index is 4.64. The Morgan fingerprint density at radius 3 is 1.74 bits per heavy atom. The van der Waals surface area contributed by atoms with E-state index >= 15 is 0 Å². The Hall–Kier alpha value is -0.340. The van der Waals surface area contributed by atoms with Gasteiger partial charge in [-0.2, -0.15) is 0 Å². The molecule has 0 fully saturated rings. The number of hydrogen-bond donors (Lipinski definition) is 0. The predicted octanol–water partition coefficient (Wildman–Crippen LogP) is 6.89. The van der Waals surface area contributed by atoms with Crippen LogP contribution in [0.25, 0.3) is 0 Å². The first-order valence-corrected chi connectivity index (χ1v) is 9.94. The third-order valence-corrected chi connectivity index (χ3v) is 4.88. The van der Waals surface area contributed by atoms with Crippen LogP contribution in [-0.2, 0) is 9.47 Å². The fourth-order valence-corrected chi connectivity index (χ4v) is 2.79. The Labute approximate surface area is 146 Å². The summed E-state index contributed by atoms with van der Waals surface area (Å²) in [5, 5.41) is 0. The van der Waals surface area contributed by atoms with E-state index in [1.54, 1.807) is 0 Å². The van der Waals surface area contributed by atoms with Crippen LogP contribution in [0.2, 0.25) is 0 Å². The van der Waals surface area contributed by atoms with E-state index in [0.717, 1.165) is 19.3 Å². The minimum atomic E-state index is -0.645. The SMILES string of the molecule is C=CC(OC(C)CC)(OC(C)CC)C(C)CCCCCCCC. The lowest BCUT2D eigenvalue weighted by Gasteiger charge is -2.40. The summed E-state index contributed by atoms with van der Waals surface area (Å²) < 4.78 is 12.7. The van der Waals surface area contributed by atoms with Crippen molar-refractivity contribution >= 4 is 0 Å². The normalized spacial score (nSPS) is 18.2. The van der Waals surface area contributed by atoms with Crippen molar-refractivity contribution in [3.63, 3.8) is 0 Å². The van der Waals surface area contributed by atoms with Gasteiger partial charge in [0.15, 0.2) is 5.79 Å². The molecule has 0 saturated heterocycles. The summed E-state index contributed by atoms with van der Waals surface area (Å²) in [5.74, 6) is -0.317. The van der Waals surface area contributed by atoms with Crippen molar-refractivity contribution < 1.29 is 9.47 Å². The molecule has 0 aromatic heterocycles. The summed E-state index contributed by atoms with van der Waals surface area (Å²) in [6.07, 6.45) is 13.3. The van der Waals surface area contributed by atoms with E-state index in [-0.39, 0.29) is 12.2 Å². The van der Waals surface area contributed by atoms with Crippen molar-refractivity contribution in [1.82, 2.24) is 0 Å². The Kier molecular flexibility index (Phi) is 12.8. The molecular weight excluding hydrogens is 284 g/mol. The van der Waals surface area contributed by atoms with Crippen LogP contribution in [-0.4, -0.2) is 18.0 Å². The Morgan fingerprint density at radius 2 is 1.30 bits per heavy atom. The van der Waals surface area contributed by atoms with Crippen LogP contribution in [0.3, 0.4) is 0 Å². The van der Waals surface area contributed by atoms with E-state index < -0.39 is 5.79 Å². The van der Waals surface area contributed by atoms with Crippen molar-refractivity contribution in [2.45, 2.75) is 117 Å². The van der Waals surface area contributed by atoms with Crippen LogP contribution in [0.5, 0.6) is 0 Å². The fraction of sp³-hybridized carbons (Fsp3) is 0.905. The van der Waals surface area contributed by atoms with E-state index in [2.05, 4.69) is 48.1 Å². The molecule has 2 nitrogen and oxygen atoms in total.